The molecule has 68 valence electrons. The van der Waals surface area contributed by atoms with Gasteiger partial charge < -0.3 is 5.41 Å². The van der Waals surface area contributed by atoms with Crippen molar-refractivity contribution in [2.75, 3.05) is 0 Å². The molecule has 0 unspecified atom stereocenters. The van der Waals surface area contributed by atoms with Crippen LogP contribution >= 0.6 is 0 Å². The average Bonchev–Trinajstić information content (AvgIpc) is 2.02. The third-order valence-corrected chi connectivity index (χ3v) is 2.03. The Hall–Kier alpha value is -1.44. The summed E-state index contributed by atoms with van der Waals surface area (Å²) < 4.78 is 0. The van der Waals surface area contributed by atoms with Crippen LogP contribution in [0.1, 0.15) is 35.3 Å². The first-order valence-electron chi connectivity index (χ1n) is 4.20. The molecule has 13 heavy (non-hydrogen) atoms. The van der Waals surface area contributed by atoms with E-state index in [1.807, 2.05) is 25.1 Å². The lowest BCUT2D eigenvalue weighted by molar-refractivity contribution is 0.101. The minimum absolute atomic E-state index is 0.0275. The molecule has 0 aromatic heterocycles. The highest BCUT2D eigenvalue weighted by Gasteiger charge is 2.10. The number of carbonyl (C=O) groups excluding carboxylic acids is 1. The summed E-state index contributed by atoms with van der Waals surface area (Å²) in [4.78, 5) is 11.3. The van der Waals surface area contributed by atoms with E-state index in [-0.39, 0.29) is 5.78 Å². The maximum atomic E-state index is 11.3. The summed E-state index contributed by atoms with van der Waals surface area (Å²) in [5, 5.41) is 7.51. The van der Waals surface area contributed by atoms with Crippen LogP contribution in [0.15, 0.2) is 18.2 Å². The van der Waals surface area contributed by atoms with Crippen LogP contribution in [0.2, 0.25) is 0 Å². The summed E-state index contributed by atoms with van der Waals surface area (Å²) in [6.07, 6.45) is 0. The van der Waals surface area contributed by atoms with E-state index in [0.29, 0.717) is 11.3 Å². The lowest BCUT2D eigenvalue weighted by Gasteiger charge is -2.07. The molecule has 1 N–H and O–H groups in total. The van der Waals surface area contributed by atoms with Crippen LogP contribution in [0.4, 0.5) is 0 Å². The first-order chi connectivity index (χ1) is 6.04. The Labute approximate surface area is 78.1 Å². The number of hydrogen-bond acceptors (Lipinski definition) is 2. The van der Waals surface area contributed by atoms with Crippen molar-refractivity contribution < 1.29 is 4.79 Å². The lowest BCUT2D eigenvalue weighted by Crippen LogP contribution is -2.05. The van der Waals surface area contributed by atoms with Crippen molar-refractivity contribution in [3.63, 3.8) is 0 Å². The number of carbonyl (C=O) groups is 1. The molecule has 1 rings (SSSR count). The van der Waals surface area contributed by atoms with Crippen LogP contribution < -0.4 is 0 Å². The third kappa shape index (κ3) is 1.83. The molecule has 0 heterocycles. The van der Waals surface area contributed by atoms with E-state index in [0.717, 1.165) is 11.1 Å². The second-order valence-electron chi connectivity index (χ2n) is 3.18. The minimum Gasteiger partial charge on any atom is -0.305 e. The molecular formula is C11H13NO. The molecule has 0 radical (unpaired) electrons. The van der Waals surface area contributed by atoms with E-state index >= 15 is 0 Å². The van der Waals surface area contributed by atoms with Crippen molar-refractivity contribution in [2.24, 2.45) is 0 Å². The molecule has 0 aliphatic heterocycles. The standard InChI is InChI=1S/C11H13NO/c1-7-5-4-6-10(8(2)12)11(7)9(3)13/h4-6,12H,1-3H3. The molecule has 0 saturated heterocycles. The number of ketones is 1. The van der Waals surface area contributed by atoms with Crippen molar-refractivity contribution in [1.29, 1.82) is 5.41 Å². The summed E-state index contributed by atoms with van der Waals surface area (Å²) in [6.45, 7) is 5.12. The summed E-state index contributed by atoms with van der Waals surface area (Å²) in [5.41, 5.74) is 2.80. The Morgan fingerprint density at radius 1 is 1.31 bits per heavy atom. The number of nitrogens with one attached hydrogen (secondary N) is 1. The Kier molecular flexibility index (Phi) is 2.61. The van der Waals surface area contributed by atoms with E-state index < -0.39 is 0 Å². The van der Waals surface area contributed by atoms with Gasteiger partial charge in [0.15, 0.2) is 5.78 Å². The van der Waals surface area contributed by atoms with Gasteiger partial charge >= 0.3 is 0 Å². The van der Waals surface area contributed by atoms with Gasteiger partial charge in [-0.25, -0.2) is 0 Å². The summed E-state index contributed by atoms with van der Waals surface area (Å²) in [6, 6.07) is 5.57. The van der Waals surface area contributed by atoms with E-state index in [4.69, 9.17) is 5.41 Å². The van der Waals surface area contributed by atoms with Gasteiger partial charge in [-0.05, 0) is 26.3 Å². The molecule has 0 atom stereocenters. The molecule has 0 fully saturated rings. The van der Waals surface area contributed by atoms with Crippen molar-refractivity contribution in [1.82, 2.24) is 0 Å². The van der Waals surface area contributed by atoms with E-state index in [2.05, 4.69) is 0 Å². The zero-order chi connectivity index (χ0) is 10.0. The Balaban J connectivity index is 3.43. The zero-order valence-corrected chi connectivity index (χ0v) is 8.14. The lowest BCUT2D eigenvalue weighted by atomic mass is 9.96. The van der Waals surface area contributed by atoms with Crippen LogP contribution in [0, 0.1) is 12.3 Å². The van der Waals surface area contributed by atoms with Gasteiger partial charge in [-0.1, -0.05) is 18.2 Å². The summed E-state index contributed by atoms with van der Waals surface area (Å²) >= 11 is 0. The molecule has 0 amide bonds. The molecule has 2 heteroatoms. The zero-order valence-electron chi connectivity index (χ0n) is 8.14. The highest BCUT2D eigenvalue weighted by molar-refractivity contribution is 6.08. The van der Waals surface area contributed by atoms with Crippen molar-refractivity contribution in [2.45, 2.75) is 20.8 Å². The third-order valence-electron chi connectivity index (χ3n) is 2.03. The molecule has 0 aliphatic carbocycles. The molecule has 2 nitrogen and oxygen atoms in total. The first-order valence-corrected chi connectivity index (χ1v) is 4.20. The van der Waals surface area contributed by atoms with Crippen LogP contribution in [-0.4, -0.2) is 11.5 Å². The molecule has 0 spiro atoms. The molecule has 1 aromatic rings. The maximum Gasteiger partial charge on any atom is 0.160 e. The second kappa shape index (κ2) is 3.52. The van der Waals surface area contributed by atoms with Crippen molar-refractivity contribution in [3.05, 3.63) is 34.9 Å². The first kappa shape index (κ1) is 9.65. The van der Waals surface area contributed by atoms with E-state index in [1.54, 1.807) is 6.92 Å². The van der Waals surface area contributed by atoms with Crippen LogP contribution in [0.25, 0.3) is 0 Å². The van der Waals surface area contributed by atoms with Gasteiger partial charge in [0, 0.05) is 16.8 Å². The fraction of sp³-hybridized carbons (Fsp3) is 0.273. The van der Waals surface area contributed by atoms with Gasteiger partial charge in [0.2, 0.25) is 0 Å². The summed E-state index contributed by atoms with van der Waals surface area (Å²) in [5.74, 6) is 0.0275. The van der Waals surface area contributed by atoms with Crippen LogP contribution in [-0.2, 0) is 0 Å². The molecule has 0 bridgehead atoms. The van der Waals surface area contributed by atoms with Crippen LogP contribution in [0.3, 0.4) is 0 Å². The van der Waals surface area contributed by atoms with Gasteiger partial charge in [0.1, 0.15) is 0 Å². The van der Waals surface area contributed by atoms with E-state index in [9.17, 15) is 4.79 Å². The topological polar surface area (TPSA) is 40.9 Å². The van der Waals surface area contributed by atoms with Gasteiger partial charge in [-0.15, -0.1) is 0 Å². The van der Waals surface area contributed by atoms with Gasteiger partial charge in [0.25, 0.3) is 0 Å². The molecule has 0 saturated carbocycles. The Bertz CT molecular complexity index is 366. The highest BCUT2D eigenvalue weighted by atomic mass is 16.1. The summed E-state index contributed by atoms with van der Waals surface area (Å²) in [7, 11) is 0. The smallest absolute Gasteiger partial charge is 0.160 e. The fourth-order valence-corrected chi connectivity index (χ4v) is 1.45. The monoisotopic (exact) mass is 175 g/mol. The van der Waals surface area contributed by atoms with Gasteiger partial charge in [0.05, 0.1) is 0 Å². The number of rotatable bonds is 2. The van der Waals surface area contributed by atoms with Crippen molar-refractivity contribution >= 4 is 11.5 Å². The Morgan fingerprint density at radius 2 is 1.92 bits per heavy atom. The molecular weight excluding hydrogens is 162 g/mol. The predicted octanol–water partition coefficient (Wildman–Crippen LogP) is 2.59. The second-order valence-corrected chi connectivity index (χ2v) is 3.18. The SMILES string of the molecule is CC(=N)c1cccc(C)c1C(C)=O. The predicted molar refractivity (Wildman–Crippen MR) is 53.7 cm³/mol. The molecule has 1 aromatic carbocycles. The molecule has 0 aliphatic rings. The maximum absolute atomic E-state index is 11.3. The van der Waals surface area contributed by atoms with Crippen molar-refractivity contribution in [3.8, 4) is 0 Å². The minimum atomic E-state index is 0.0275. The van der Waals surface area contributed by atoms with Gasteiger partial charge in [-0.3, -0.25) is 4.79 Å². The Morgan fingerprint density at radius 3 is 2.31 bits per heavy atom. The van der Waals surface area contributed by atoms with Gasteiger partial charge in [-0.2, -0.15) is 0 Å². The highest BCUT2D eigenvalue weighted by Crippen LogP contribution is 2.15. The average molecular weight is 175 g/mol. The number of aryl methyl sites for hydroxylation is 1. The quantitative estimate of drug-likeness (QED) is 0.544. The number of hydrogen-bond donors (Lipinski definition) is 1. The normalized spacial score (nSPS) is 9.77. The largest absolute Gasteiger partial charge is 0.305 e. The fourth-order valence-electron chi connectivity index (χ4n) is 1.45. The van der Waals surface area contributed by atoms with E-state index in [1.165, 1.54) is 6.92 Å². The van der Waals surface area contributed by atoms with Crippen LogP contribution in [0.5, 0.6) is 0 Å². The number of benzene rings is 1. The number of Topliss-reactive ketones (excluding diaryl/α,β-unsaturated/α-hetero) is 1.